The number of benzene rings is 1. The number of fused-ring (bicyclic) bond motifs is 2. The van der Waals surface area contributed by atoms with E-state index in [4.69, 9.17) is 23.0 Å². The van der Waals surface area contributed by atoms with E-state index < -0.39 is 5.63 Å². The molecule has 4 rings (SSSR count). The second kappa shape index (κ2) is 12.8. The van der Waals surface area contributed by atoms with Crippen molar-refractivity contribution < 1.29 is 23.0 Å². The molecule has 6 heteroatoms. The van der Waals surface area contributed by atoms with Crippen LogP contribution in [0.3, 0.4) is 0 Å². The Morgan fingerprint density at radius 1 is 1.00 bits per heavy atom. The molecule has 37 heavy (non-hydrogen) atoms. The summed E-state index contributed by atoms with van der Waals surface area (Å²) in [6.45, 7) is 9.07. The Bertz CT molecular complexity index is 1230. The molecule has 2 aromatic heterocycles. The summed E-state index contributed by atoms with van der Waals surface area (Å²) in [5.74, 6) is 0.663. The molecule has 6 nitrogen and oxygen atoms in total. The van der Waals surface area contributed by atoms with Crippen LogP contribution >= 0.6 is 0 Å². The average Bonchev–Trinajstić information content (AvgIpc) is 3.44. The lowest BCUT2D eigenvalue weighted by Crippen LogP contribution is -2.32. The summed E-state index contributed by atoms with van der Waals surface area (Å²) in [4.78, 5) is 11.7. The number of hydrogen-bond donors (Lipinski definition) is 0. The fourth-order valence-corrected chi connectivity index (χ4v) is 5.09. The van der Waals surface area contributed by atoms with E-state index in [9.17, 15) is 4.79 Å². The molecule has 1 saturated heterocycles. The van der Waals surface area contributed by atoms with Gasteiger partial charge < -0.3 is 23.0 Å². The lowest BCUT2D eigenvalue weighted by Gasteiger charge is -2.23. The normalized spacial score (nSPS) is 19.7. The molecule has 1 fully saturated rings. The second-order valence-electron chi connectivity index (χ2n) is 10.8. The molecule has 3 aromatic rings. The van der Waals surface area contributed by atoms with Crippen molar-refractivity contribution in [2.45, 2.75) is 110 Å². The summed E-state index contributed by atoms with van der Waals surface area (Å²) in [5.41, 5.74) is 1.65. The van der Waals surface area contributed by atoms with Gasteiger partial charge in [-0.05, 0) is 64.7 Å². The highest BCUT2D eigenvalue weighted by molar-refractivity contribution is 6.01. The van der Waals surface area contributed by atoms with Crippen molar-refractivity contribution in [1.82, 2.24) is 0 Å². The van der Waals surface area contributed by atoms with E-state index in [1.165, 1.54) is 50.2 Å². The number of hydrogen-bond acceptors (Lipinski definition) is 6. The van der Waals surface area contributed by atoms with Crippen LogP contribution in [0, 0.1) is 0 Å². The topological polar surface area (TPSA) is 71.0 Å². The Morgan fingerprint density at radius 3 is 2.57 bits per heavy atom. The third-order valence-electron chi connectivity index (χ3n) is 7.34. The van der Waals surface area contributed by atoms with E-state index in [1.54, 1.807) is 18.4 Å². The number of furan rings is 1. The molecule has 0 aliphatic carbocycles. The lowest BCUT2D eigenvalue weighted by molar-refractivity contribution is -0.0858. The minimum atomic E-state index is -0.397. The van der Waals surface area contributed by atoms with Gasteiger partial charge in [0.15, 0.2) is 6.29 Å². The van der Waals surface area contributed by atoms with Gasteiger partial charge in [-0.25, -0.2) is 4.79 Å². The van der Waals surface area contributed by atoms with Crippen LogP contribution in [0.5, 0.6) is 5.75 Å². The van der Waals surface area contributed by atoms with E-state index in [0.717, 1.165) is 36.5 Å². The Kier molecular flexibility index (Phi) is 9.49. The van der Waals surface area contributed by atoms with E-state index in [2.05, 4.69) is 33.8 Å². The highest BCUT2D eigenvalue weighted by atomic mass is 16.7. The van der Waals surface area contributed by atoms with Gasteiger partial charge in [0.2, 0.25) is 0 Å². The van der Waals surface area contributed by atoms with Gasteiger partial charge in [0.1, 0.15) is 23.5 Å². The van der Waals surface area contributed by atoms with Crippen LogP contribution in [0.1, 0.15) is 91.9 Å². The zero-order valence-corrected chi connectivity index (χ0v) is 22.8. The molecule has 0 saturated carbocycles. The Balaban J connectivity index is 1.26. The maximum absolute atomic E-state index is 11.7. The van der Waals surface area contributed by atoms with Gasteiger partial charge in [-0.3, -0.25) is 0 Å². The molecule has 0 unspecified atom stereocenters. The van der Waals surface area contributed by atoms with Gasteiger partial charge in [-0.15, -0.1) is 0 Å². The van der Waals surface area contributed by atoms with Crippen LogP contribution in [0.4, 0.5) is 0 Å². The third kappa shape index (κ3) is 7.26. The number of rotatable bonds is 14. The summed E-state index contributed by atoms with van der Waals surface area (Å²) in [6, 6.07) is 6.75. The molecule has 202 valence electrons. The average molecular weight is 511 g/mol. The minimum Gasteiger partial charge on any atom is -0.488 e. The number of unbranched alkanes of at least 4 members (excludes halogenated alkanes) is 6. The molecular formula is C31H42O6. The Labute approximate surface area is 219 Å². The Hall–Kier alpha value is -2.57. The van der Waals surface area contributed by atoms with Gasteiger partial charge in [0.25, 0.3) is 0 Å². The standard InChI is InChI=1S/C31H42O6/c1-5-6-7-8-9-10-11-12-29-36-27(31(3,4)37-29)15-13-22(2)17-19-34-30-23-14-16-28(32)35-26(23)21-25-24(30)18-20-33-25/h14,16-18,20-21,27,29H,5-13,15,19H2,1-4H3/t27-,29-/m1/s1. The fourth-order valence-electron chi connectivity index (χ4n) is 5.09. The van der Waals surface area contributed by atoms with Crippen molar-refractivity contribution in [3.8, 4) is 5.75 Å². The third-order valence-corrected chi connectivity index (χ3v) is 7.34. The van der Waals surface area contributed by atoms with E-state index in [-0.39, 0.29) is 18.0 Å². The second-order valence-corrected chi connectivity index (χ2v) is 10.8. The van der Waals surface area contributed by atoms with Crippen molar-refractivity contribution >= 4 is 21.9 Å². The molecule has 2 atom stereocenters. The Morgan fingerprint density at radius 2 is 1.76 bits per heavy atom. The molecule has 1 aliphatic rings. The van der Waals surface area contributed by atoms with Gasteiger partial charge in [-0.1, -0.05) is 51.0 Å². The van der Waals surface area contributed by atoms with Gasteiger partial charge in [0.05, 0.1) is 28.7 Å². The quantitative estimate of drug-likeness (QED) is 0.123. The van der Waals surface area contributed by atoms with Gasteiger partial charge >= 0.3 is 5.63 Å². The zero-order chi connectivity index (χ0) is 26.3. The summed E-state index contributed by atoms with van der Waals surface area (Å²) in [5, 5.41) is 1.61. The van der Waals surface area contributed by atoms with Crippen LogP contribution in [-0.2, 0) is 9.47 Å². The monoisotopic (exact) mass is 510 g/mol. The first-order valence-corrected chi connectivity index (χ1v) is 13.9. The van der Waals surface area contributed by atoms with Crippen LogP contribution in [0.2, 0.25) is 0 Å². The predicted octanol–water partition coefficient (Wildman–Crippen LogP) is 8.31. The number of ether oxygens (including phenoxy) is 3. The van der Waals surface area contributed by atoms with Crippen LogP contribution in [0.25, 0.3) is 21.9 Å². The fraction of sp³-hybridized carbons (Fsp3) is 0.581. The number of allylic oxidation sites excluding steroid dienone is 1. The molecular weight excluding hydrogens is 468 g/mol. The van der Waals surface area contributed by atoms with Gasteiger partial charge in [-0.2, -0.15) is 0 Å². The van der Waals surface area contributed by atoms with E-state index in [1.807, 2.05) is 6.07 Å². The van der Waals surface area contributed by atoms with Crippen LogP contribution < -0.4 is 10.4 Å². The van der Waals surface area contributed by atoms with Crippen molar-refractivity contribution in [3.05, 3.63) is 52.6 Å². The lowest BCUT2D eigenvalue weighted by atomic mass is 9.96. The first-order valence-electron chi connectivity index (χ1n) is 13.9. The summed E-state index contributed by atoms with van der Waals surface area (Å²) in [6.07, 6.45) is 15.6. The van der Waals surface area contributed by atoms with Crippen molar-refractivity contribution in [1.29, 1.82) is 0 Å². The molecule has 1 aromatic carbocycles. The van der Waals surface area contributed by atoms with Crippen LogP contribution in [-0.4, -0.2) is 24.6 Å². The highest BCUT2D eigenvalue weighted by Crippen LogP contribution is 2.36. The van der Waals surface area contributed by atoms with E-state index in [0.29, 0.717) is 23.5 Å². The van der Waals surface area contributed by atoms with Crippen molar-refractivity contribution in [2.24, 2.45) is 0 Å². The first kappa shape index (κ1) is 27.5. The summed E-state index contributed by atoms with van der Waals surface area (Å²) in [7, 11) is 0. The first-order chi connectivity index (χ1) is 17.9. The molecule has 0 radical (unpaired) electrons. The maximum Gasteiger partial charge on any atom is 0.336 e. The maximum atomic E-state index is 11.7. The zero-order valence-electron chi connectivity index (χ0n) is 22.8. The molecule has 0 N–H and O–H groups in total. The van der Waals surface area contributed by atoms with Crippen LogP contribution in [0.15, 0.2) is 55.8 Å². The van der Waals surface area contributed by atoms with Gasteiger partial charge in [0, 0.05) is 12.1 Å². The summed E-state index contributed by atoms with van der Waals surface area (Å²) < 4.78 is 29.6. The molecule has 1 aliphatic heterocycles. The molecule has 0 amide bonds. The largest absolute Gasteiger partial charge is 0.488 e. The summed E-state index contributed by atoms with van der Waals surface area (Å²) >= 11 is 0. The predicted molar refractivity (Wildman–Crippen MR) is 147 cm³/mol. The highest BCUT2D eigenvalue weighted by Gasteiger charge is 2.41. The van der Waals surface area contributed by atoms with Crippen molar-refractivity contribution in [3.63, 3.8) is 0 Å². The van der Waals surface area contributed by atoms with Crippen molar-refractivity contribution in [2.75, 3.05) is 6.61 Å². The molecule has 0 spiro atoms. The SMILES string of the molecule is CCCCCCCCC[C@@H]1O[C@H](CCC(C)=CCOc2c3ccoc3cc3oc(=O)ccc23)C(C)(C)O1. The van der Waals surface area contributed by atoms with E-state index >= 15 is 0 Å². The smallest absolute Gasteiger partial charge is 0.336 e. The minimum absolute atomic E-state index is 0.0813. The molecule has 0 bridgehead atoms. The molecule has 3 heterocycles.